The molecule has 1 N–H and O–H groups in total. The van der Waals surface area contributed by atoms with E-state index in [1.165, 1.54) is 6.33 Å². The van der Waals surface area contributed by atoms with Crippen LogP contribution in [0.15, 0.2) is 31.1 Å². The Bertz CT molecular complexity index is 440. The van der Waals surface area contributed by atoms with Crippen molar-refractivity contribution in [2.24, 2.45) is 0 Å². The largest absolute Gasteiger partial charge is 0.380 e. The summed E-state index contributed by atoms with van der Waals surface area (Å²) in [6.45, 7) is 2.93. The van der Waals surface area contributed by atoms with Crippen LogP contribution >= 0.6 is 0 Å². The van der Waals surface area contributed by atoms with Crippen LogP contribution in [-0.2, 0) is 6.54 Å². The van der Waals surface area contributed by atoms with Gasteiger partial charge in [-0.1, -0.05) is 6.92 Å². The van der Waals surface area contributed by atoms with Crippen molar-refractivity contribution in [3.8, 4) is 0 Å². The van der Waals surface area contributed by atoms with Crippen molar-refractivity contribution in [3.63, 3.8) is 0 Å². The van der Waals surface area contributed by atoms with Crippen LogP contribution in [0.5, 0.6) is 0 Å². The van der Waals surface area contributed by atoms with Crippen LogP contribution in [0.3, 0.4) is 0 Å². The van der Waals surface area contributed by atoms with Gasteiger partial charge in [0.25, 0.3) is 0 Å². The lowest BCUT2D eigenvalue weighted by atomic mass is 10.2. The molecule has 5 nitrogen and oxygen atoms in total. The van der Waals surface area contributed by atoms with Gasteiger partial charge < -0.3 is 9.67 Å². The molecule has 84 valence electrons. The van der Waals surface area contributed by atoms with E-state index >= 15 is 0 Å². The zero-order chi connectivity index (χ0) is 11.4. The summed E-state index contributed by atoms with van der Waals surface area (Å²) in [5.41, 5.74) is 0.658. The summed E-state index contributed by atoms with van der Waals surface area (Å²) in [7, 11) is 0. The minimum Gasteiger partial charge on any atom is -0.380 e. The molecule has 0 spiro atoms. The second-order valence-electron chi connectivity index (χ2n) is 3.55. The van der Waals surface area contributed by atoms with Gasteiger partial charge in [0.2, 0.25) is 0 Å². The molecule has 0 radical (unpaired) electrons. The number of rotatable bonds is 4. The van der Waals surface area contributed by atoms with Gasteiger partial charge in [-0.3, -0.25) is 0 Å². The van der Waals surface area contributed by atoms with Gasteiger partial charge in [-0.25, -0.2) is 15.0 Å². The highest BCUT2D eigenvalue weighted by Crippen LogP contribution is 2.18. The van der Waals surface area contributed by atoms with Gasteiger partial charge in [0.15, 0.2) is 0 Å². The van der Waals surface area contributed by atoms with Crippen molar-refractivity contribution >= 4 is 0 Å². The fourth-order valence-corrected chi connectivity index (χ4v) is 1.60. The van der Waals surface area contributed by atoms with Crippen molar-refractivity contribution < 1.29 is 5.11 Å². The lowest BCUT2D eigenvalue weighted by Crippen LogP contribution is -2.10. The van der Waals surface area contributed by atoms with Gasteiger partial charge in [-0.2, -0.15) is 0 Å². The smallest absolute Gasteiger partial charge is 0.142 e. The SMILES string of the molecule is CCCn1ccnc1C(O)c1cncnc1. The van der Waals surface area contributed by atoms with E-state index in [-0.39, 0.29) is 0 Å². The highest BCUT2D eigenvalue weighted by Gasteiger charge is 2.16. The molecule has 0 fully saturated rings. The van der Waals surface area contributed by atoms with Crippen molar-refractivity contribution in [3.05, 3.63) is 42.5 Å². The molecule has 1 atom stereocenters. The number of nitrogens with zero attached hydrogens (tertiary/aromatic N) is 4. The Hall–Kier alpha value is -1.75. The topological polar surface area (TPSA) is 63.8 Å². The molecule has 0 aliphatic heterocycles. The molecule has 0 bridgehead atoms. The molecule has 1 unspecified atom stereocenters. The first-order chi connectivity index (χ1) is 7.83. The van der Waals surface area contributed by atoms with Crippen LogP contribution in [0.2, 0.25) is 0 Å². The second-order valence-corrected chi connectivity index (χ2v) is 3.55. The molecule has 0 aliphatic rings. The zero-order valence-electron chi connectivity index (χ0n) is 9.11. The molecule has 16 heavy (non-hydrogen) atoms. The monoisotopic (exact) mass is 218 g/mol. The molecule has 2 aromatic heterocycles. The first-order valence-electron chi connectivity index (χ1n) is 5.27. The predicted octanol–water partition coefficient (Wildman–Crippen LogP) is 1.16. The maximum absolute atomic E-state index is 10.1. The van der Waals surface area contributed by atoms with Crippen LogP contribution in [0.1, 0.15) is 30.8 Å². The molecule has 2 heterocycles. The average molecular weight is 218 g/mol. The van der Waals surface area contributed by atoms with Crippen molar-refractivity contribution in [1.29, 1.82) is 0 Å². The van der Waals surface area contributed by atoms with E-state index in [1.807, 2.05) is 10.8 Å². The highest BCUT2D eigenvalue weighted by molar-refractivity contribution is 5.16. The van der Waals surface area contributed by atoms with Crippen LogP contribution < -0.4 is 0 Å². The van der Waals surface area contributed by atoms with E-state index < -0.39 is 6.10 Å². The molecule has 0 aromatic carbocycles. The summed E-state index contributed by atoms with van der Waals surface area (Å²) in [5.74, 6) is 0.636. The first-order valence-corrected chi connectivity index (χ1v) is 5.27. The minimum atomic E-state index is -0.761. The molecule has 2 rings (SSSR count). The van der Waals surface area contributed by atoms with Gasteiger partial charge in [0.1, 0.15) is 18.3 Å². The molecule has 0 aliphatic carbocycles. The summed E-state index contributed by atoms with van der Waals surface area (Å²) >= 11 is 0. The quantitative estimate of drug-likeness (QED) is 0.836. The standard InChI is InChI=1S/C11H14N4O/c1-2-4-15-5-3-14-11(15)10(16)9-6-12-8-13-7-9/h3,5-8,10,16H,2,4H2,1H3. The van der Waals surface area contributed by atoms with E-state index in [1.54, 1.807) is 18.6 Å². The molecule has 0 amide bonds. The Labute approximate surface area is 93.8 Å². The number of aryl methyl sites for hydroxylation is 1. The molecular formula is C11H14N4O. The van der Waals surface area contributed by atoms with Gasteiger partial charge in [-0.05, 0) is 6.42 Å². The van der Waals surface area contributed by atoms with Gasteiger partial charge >= 0.3 is 0 Å². The van der Waals surface area contributed by atoms with Gasteiger partial charge in [0.05, 0.1) is 0 Å². The molecule has 0 saturated heterocycles. The van der Waals surface area contributed by atoms with Crippen LogP contribution in [0.25, 0.3) is 0 Å². The van der Waals surface area contributed by atoms with E-state index in [2.05, 4.69) is 21.9 Å². The third-order valence-electron chi connectivity index (χ3n) is 2.35. The van der Waals surface area contributed by atoms with Crippen molar-refractivity contribution in [2.75, 3.05) is 0 Å². The molecule has 0 saturated carbocycles. The van der Waals surface area contributed by atoms with Crippen molar-refractivity contribution in [1.82, 2.24) is 19.5 Å². The molecule has 5 heteroatoms. The number of hydrogen-bond donors (Lipinski definition) is 1. The normalized spacial score (nSPS) is 12.6. The van der Waals surface area contributed by atoms with E-state index in [0.717, 1.165) is 13.0 Å². The fourth-order valence-electron chi connectivity index (χ4n) is 1.60. The number of aliphatic hydroxyl groups is 1. The number of aliphatic hydroxyl groups excluding tert-OH is 1. The Morgan fingerprint density at radius 2 is 2.12 bits per heavy atom. The lowest BCUT2D eigenvalue weighted by Gasteiger charge is -2.12. The third kappa shape index (κ3) is 2.09. The maximum atomic E-state index is 10.1. The van der Waals surface area contributed by atoms with Crippen LogP contribution in [-0.4, -0.2) is 24.6 Å². The van der Waals surface area contributed by atoms with Crippen LogP contribution in [0.4, 0.5) is 0 Å². The second kappa shape index (κ2) is 4.85. The molecular weight excluding hydrogens is 204 g/mol. The Balaban J connectivity index is 2.27. The van der Waals surface area contributed by atoms with Gasteiger partial charge in [-0.15, -0.1) is 0 Å². The number of hydrogen-bond acceptors (Lipinski definition) is 4. The molecule has 2 aromatic rings. The predicted molar refractivity (Wildman–Crippen MR) is 58.6 cm³/mol. The Kier molecular flexibility index (Phi) is 3.26. The lowest BCUT2D eigenvalue weighted by molar-refractivity contribution is 0.203. The highest BCUT2D eigenvalue weighted by atomic mass is 16.3. The Morgan fingerprint density at radius 1 is 1.38 bits per heavy atom. The summed E-state index contributed by atoms with van der Waals surface area (Å²) < 4.78 is 1.94. The van der Waals surface area contributed by atoms with Crippen LogP contribution in [0, 0.1) is 0 Å². The first kappa shape index (κ1) is 10.8. The van der Waals surface area contributed by atoms with Gasteiger partial charge in [0, 0.05) is 36.9 Å². The van der Waals surface area contributed by atoms with E-state index in [9.17, 15) is 5.11 Å². The number of aromatic nitrogens is 4. The fraction of sp³-hybridized carbons (Fsp3) is 0.364. The summed E-state index contributed by atoms with van der Waals surface area (Å²) in [6, 6.07) is 0. The Morgan fingerprint density at radius 3 is 2.81 bits per heavy atom. The summed E-state index contributed by atoms with van der Waals surface area (Å²) in [6.07, 6.45) is 8.44. The van der Waals surface area contributed by atoms with E-state index in [0.29, 0.717) is 11.4 Å². The zero-order valence-corrected chi connectivity index (χ0v) is 9.11. The maximum Gasteiger partial charge on any atom is 0.142 e. The van der Waals surface area contributed by atoms with Crippen molar-refractivity contribution in [2.45, 2.75) is 26.0 Å². The average Bonchev–Trinajstić information content (AvgIpc) is 2.78. The van der Waals surface area contributed by atoms with E-state index in [4.69, 9.17) is 0 Å². The summed E-state index contributed by atoms with van der Waals surface area (Å²) in [5, 5.41) is 10.1. The minimum absolute atomic E-state index is 0.636. The third-order valence-corrected chi connectivity index (χ3v) is 2.35. The number of imidazole rings is 1. The summed E-state index contributed by atoms with van der Waals surface area (Å²) in [4.78, 5) is 11.9.